The van der Waals surface area contributed by atoms with Crippen LogP contribution in [0.5, 0.6) is 0 Å². The topological polar surface area (TPSA) is 76.3 Å². The molecule has 1 saturated heterocycles. The average molecular weight is 283 g/mol. The molecule has 1 aromatic rings. The van der Waals surface area contributed by atoms with Crippen molar-refractivity contribution < 1.29 is 8.42 Å². The highest BCUT2D eigenvalue weighted by atomic mass is 32.2. The highest BCUT2D eigenvalue weighted by Gasteiger charge is 2.36. The Bertz CT molecular complexity index is 517. The number of nitrogens with two attached hydrogens (primary N) is 1. The van der Waals surface area contributed by atoms with Gasteiger partial charge in [0.2, 0.25) is 0 Å². The van der Waals surface area contributed by atoms with Crippen LogP contribution in [-0.4, -0.2) is 29.8 Å². The third-order valence-corrected chi connectivity index (χ3v) is 5.73. The molecular weight excluding hydrogens is 262 g/mol. The van der Waals surface area contributed by atoms with Crippen molar-refractivity contribution in [3.63, 3.8) is 0 Å². The van der Waals surface area contributed by atoms with Crippen LogP contribution in [0.3, 0.4) is 0 Å². The van der Waals surface area contributed by atoms with Gasteiger partial charge in [-0.05, 0) is 38.3 Å². The Morgan fingerprint density at radius 3 is 2.42 bits per heavy atom. The van der Waals surface area contributed by atoms with E-state index in [1.165, 1.54) is 6.20 Å². The summed E-state index contributed by atoms with van der Waals surface area (Å²) in [6.45, 7) is 4.28. The molecule has 0 bridgehead atoms. The van der Waals surface area contributed by atoms with Crippen molar-refractivity contribution in [1.29, 1.82) is 0 Å². The van der Waals surface area contributed by atoms with Gasteiger partial charge in [-0.2, -0.15) is 4.31 Å². The van der Waals surface area contributed by atoms with Gasteiger partial charge in [-0.15, -0.1) is 0 Å². The Morgan fingerprint density at radius 1 is 1.32 bits per heavy atom. The minimum atomic E-state index is -3.50. The maximum atomic E-state index is 12.6. The van der Waals surface area contributed by atoms with Crippen molar-refractivity contribution >= 4 is 10.0 Å². The number of rotatable bonds is 3. The second kappa shape index (κ2) is 5.56. The van der Waals surface area contributed by atoms with Crippen molar-refractivity contribution in [3.05, 3.63) is 23.9 Å². The molecule has 2 heterocycles. The van der Waals surface area contributed by atoms with Gasteiger partial charge in [0.1, 0.15) is 0 Å². The number of pyridine rings is 1. The summed E-state index contributed by atoms with van der Waals surface area (Å²) in [7, 11) is -3.50. The van der Waals surface area contributed by atoms with Crippen molar-refractivity contribution in [2.45, 2.75) is 56.8 Å². The molecule has 2 N–H and O–H groups in total. The van der Waals surface area contributed by atoms with Gasteiger partial charge < -0.3 is 5.73 Å². The molecule has 0 aromatic carbocycles. The number of hydrogen-bond acceptors (Lipinski definition) is 4. The fourth-order valence-electron chi connectivity index (χ4n) is 2.66. The molecule has 6 heteroatoms. The van der Waals surface area contributed by atoms with Crippen LogP contribution in [0.25, 0.3) is 0 Å². The van der Waals surface area contributed by atoms with E-state index in [9.17, 15) is 8.42 Å². The first-order chi connectivity index (χ1) is 8.96. The number of sulfonamides is 1. The Hall–Kier alpha value is -0.980. The van der Waals surface area contributed by atoms with Gasteiger partial charge in [-0.25, -0.2) is 13.4 Å². The van der Waals surface area contributed by atoms with E-state index in [0.29, 0.717) is 6.54 Å². The van der Waals surface area contributed by atoms with E-state index < -0.39 is 10.0 Å². The van der Waals surface area contributed by atoms with Crippen molar-refractivity contribution in [2.75, 3.05) is 0 Å². The summed E-state index contributed by atoms with van der Waals surface area (Å²) < 4.78 is 26.9. The molecule has 106 valence electrons. The summed E-state index contributed by atoms with van der Waals surface area (Å²) >= 11 is 0. The normalized spacial score (nSPS) is 25.4. The van der Waals surface area contributed by atoms with Crippen LogP contribution >= 0.6 is 0 Å². The van der Waals surface area contributed by atoms with Gasteiger partial charge in [0.25, 0.3) is 10.0 Å². The second-order valence-corrected chi connectivity index (χ2v) is 6.96. The third-order valence-electron chi connectivity index (χ3n) is 3.69. The van der Waals surface area contributed by atoms with Crippen molar-refractivity contribution in [3.8, 4) is 0 Å². The quantitative estimate of drug-likeness (QED) is 0.912. The predicted octanol–water partition coefficient (Wildman–Crippen LogP) is 1.49. The zero-order valence-corrected chi connectivity index (χ0v) is 12.2. The van der Waals surface area contributed by atoms with Crippen LogP contribution in [0.4, 0.5) is 0 Å². The number of nitrogens with zero attached hydrogens (tertiary/aromatic N) is 2. The summed E-state index contributed by atoms with van der Waals surface area (Å²) in [5.74, 6) is 0. The average Bonchev–Trinajstić information content (AvgIpc) is 2.38. The van der Waals surface area contributed by atoms with E-state index >= 15 is 0 Å². The lowest BCUT2D eigenvalue weighted by molar-refractivity contribution is 0.203. The molecule has 0 spiro atoms. The first-order valence-corrected chi connectivity index (χ1v) is 8.09. The first kappa shape index (κ1) is 14.4. The van der Waals surface area contributed by atoms with Crippen LogP contribution in [-0.2, 0) is 16.6 Å². The molecule has 2 rings (SSSR count). The van der Waals surface area contributed by atoms with Crippen LogP contribution in [0.15, 0.2) is 23.4 Å². The van der Waals surface area contributed by atoms with E-state index in [1.54, 1.807) is 16.4 Å². The molecule has 0 saturated carbocycles. The third kappa shape index (κ3) is 2.80. The lowest BCUT2D eigenvalue weighted by Crippen LogP contribution is -2.47. The van der Waals surface area contributed by atoms with E-state index in [-0.39, 0.29) is 17.1 Å². The summed E-state index contributed by atoms with van der Waals surface area (Å²) in [5.41, 5.74) is 6.33. The molecule has 1 aliphatic rings. The zero-order valence-electron chi connectivity index (χ0n) is 11.4. The summed E-state index contributed by atoms with van der Waals surface area (Å²) in [5, 5.41) is 0.116. The van der Waals surface area contributed by atoms with Gasteiger partial charge in [0.15, 0.2) is 5.03 Å². The van der Waals surface area contributed by atoms with Crippen LogP contribution < -0.4 is 5.73 Å². The molecule has 1 fully saturated rings. The molecule has 1 aromatic heterocycles. The maximum absolute atomic E-state index is 12.6. The minimum absolute atomic E-state index is 0.0322. The molecular formula is C13H21N3O2S. The number of hydrogen-bond donors (Lipinski definition) is 1. The van der Waals surface area contributed by atoms with E-state index in [0.717, 1.165) is 24.8 Å². The minimum Gasteiger partial charge on any atom is -0.326 e. The summed E-state index contributed by atoms with van der Waals surface area (Å²) in [6, 6.07) is 3.33. The molecule has 2 unspecified atom stereocenters. The molecule has 0 aliphatic carbocycles. The molecule has 19 heavy (non-hydrogen) atoms. The van der Waals surface area contributed by atoms with Crippen molar-refractivity contribution in [2.24, 2.45) is 5.73 Å². The molecule has 0 amide bonds. The van der Waals surface area contributed by atoms with Crippen LogP contribution in [0.2, 0.25) is 0 Å². The Kier molecular flexibility index (Phi) is 4.23. The van der Waals surface area contributed by atoms with Gasteiger partial charge in [-0.1, -0.05) is 12.5 Å². The SMILES string of the molecule is CC1CCCC(C)N1S(=O)(=O)c1ccc(CN)cn1. The van der Waals surface area contributed by atoms with Gasteiger partial charge >= 0.3 is 0 Å². The Labute approximate surface area is 114 Å². The maximum Gasteiger partial charge on any atom is 0.261 e. The van der Waals surface area contributed by atoms with Crippen LogP contribution in [0.1, 0.15) is 38.7 Å². The fraction of sp³-hybridized carbons (Fsp3) is 0.615. The Balaban J connectivity index is 2.34. The second-order valence-electron chi connectivity index (χ2n) is 5.17. The van der Waals surface area contributed by atoms with E-state index in [4.69, 9.17) is 5.73 Å². The highest BCUT2D eigenvalue weighted by molar-refractivity contribution is 7.89. The smallest absolute Gasteiger partial charge is 0.261 e. The monoisotopic (exact) mass is 283 g/mol. The van der Waals surface area contributed by atoms with Gasteiger partial charge in [0.05, 0.1) is 0 Å². The predicted molar refractivity (Wildman–Crippen MR) is 73.9 cm³/mol. The largest absolute Gasteiger partial charge is 0.326 e. The number of aromatic nitrogens is 1. The molecule has 1 aliphatic heterocycles. The lowest BCUT2D eigenvalue weighted by atomic mass is 10.0. The fourth-order valence-corrected chi connectivity index (χ4v) is 4.46. The molecule has 0 radical (unpaired) electrons. The van der Waals surface area contributed by atoms with Crippen molar-refractivity contribution in [1.82, 2.24) is 9.29 Å². The zero-order chi connectivity index (χ0) is 14.0. The molecule has 2 atom stereocenters. The highest BCUT2D eigenvalue weighted by Crippen LogP contribution is 2.28. The van der Waals surface area contributed by atoms with Gasteiger partial charge in [-0.3, -0.25) is 0 Å². The van der Waals surface area contributed by atoms with Crippen LogP contribution in [0, 0.1) is 0 Å². The lowest BCUT2D eigenvalue weighted by Gasteiger charge is -2.37. The Morgan fingerprint density at radius 2 is 1.95 bits per heavy atom. The molecule has 5 nitrogen and oxygen atoms in total. The first-order valence-electron chi connectivity index (χ1n) is 6.65. The van der Waals surface area contributed by atoms with E-state index in [1.807, 2.05) is 13.8 Å². The summed E-state index contributed by atoms with van der Waals surface area (Å²) in [6.07, 6.45) is 4.43. The number of piperidine rings is 1. The van der Waals surface area contributed by atoms with Gasteiger partial charge in [0, 0.05) is 24.8 Å². The summed E-state index contributed by atoms with van der Waals surface area (Å²) in [4.78, 5) is 4.06. The standard InChI is InChI=1S/C13H21N3O2S/c1-10-4-3-5-11(2)16(10)19(17,18)13-7-6-12(8-14)9-15-13/h6-7,9-11H,3-5,8,14H2,1-2H3. The van der Waals surface area contributed by atoms with E-state index in [2.05, 4.69) is 4.98 Å².